The van der Waals surface area contributed by atoms with Gasteiger partial charge in [0.05, 0.1) is 0 Å². The second-order valence-electron chi connectivity index (χ2n) is 10.0. The van der Waals surface area contributed by atoms with E-state index >= 15 is 0 Å². The maximum atomic E-state index is 12.5. The van der Waals surface area contributed by atoms with Crippen molar-refractivity contribution in [3.05, 3.63) is 60.2 Å². The molecule has 2 rings (SSSR count). The Morgan fingerprint density at radius 3 is 2.10 bits per heavy atom. The van der Waals surface area contributed by atoms with Crippen molar-refractivity contribution in [3.63, 3.8) is 0 Å². The molecule has 2 amide bonds. The molecule has 0 aromatic heterocycles. The van der Waals surface area contributed by atoms with Crippen LogP contribution in [-0.4, -0.2) is 41.1 Å². The Morgan fingerprint density at radius 2 is 1.60 bits per heavy atom. The zero-order chi connectivity index (χ0) is 22.6. The van der Waals surface area contributed by atoms with Crippen LogP contribution in [-0.2, 0) is 14.9 Å². The molecule has 1 aliphatic heterocycles. The highest BCUT2D eigenvalue weighted by atomic mass is 16.6. The van der Waals surface area contributed by atoms with Gasteiger partial charge >= 0.3 is 6.09 Å². The van der Waals surface area contributed by atoms with Crippen molar-refractivity contribution in [2.75, 3.05) is 13.1 Å². The smallest absolute Gasteiger partial charge is 0.410 e. The second-order valence-corrected chi connectivity index (χ2v) is 10.0. The van der Waals surface area contributed by atoms with E-state index in [0.717, 1.165) is 24.0 Å². The minimum absolute atomic E-state index is 0.141. The van der Waals surface area contributed by atoms with E-state index in [1.165, 1.54) is 0 Å². The standard InChI is InChI=1S/C25H36N2O3/c1-19(13-14-21(28)26-23(2,3)4)25(20-11-9-8-10-12-20)15-17-27(18-16-25)22(29)30-24(5,6)7/h8-14H,1,15-18H2,2-7H3,(H,26,28)/b14-13-. The zero-order valence-electron chi connectivity index (χ0n) is 19.2. The molecule has 0 bridgehead atoms. The molecule has 5 heteroatoms. The Kier molecular flexibility index (Phi) is 7.17. The van der Waals surface area contributed by atoms with Gasteiger partial charge in [0.1, 0.15) is 5.60 Å². The van der Waals surface area contributed by atoms with E-state index in [9.17, 15) is 9.59 Å². The van der Waals surface area contributed by atoms with Crippen LogP contribution >= 0.6 is 0 Å². The van der Waals surface area contributed by atoms with Crippen LogP contribution < -0.4 is 5.32 Å². The summed E-state index contributed by atoms with van der Waals surface area (Å²) < 4.78 is 5.53. The van der Waals surface area contributed by atoms with E-state index < -0.39 is 5.60 Å². The number of amides is 2. The van der Waals surface area contributed by atoms with Gasteiger partial charge in [0.2, 0.25) is 5.91 Å². The molecule has 0 saturated carbocycles. The van der Waals surface area contributed by atoms with Gasteiger partial charge in [-0.1, -0.05) is 43.0 Å². The van der Waals surface area contributed by atoms with Crippen molar-refractivity contribution in [1.29, 1.82) is 0 Å². The Hall–Kier alpha value is -2.56. The van der Waals surface area contributed by atoms with Gasteiger partial charge in [-0.25, -0.2) is 4.79 Å². The van der Waals surface area contributed by atoms with Crippen molar-refractivity contribution < 1.29 is 14.3 Å². The largest absolute Gasteiger partial charge is 0.444 e. The van der Waals surface area contributed by atoms with E-state index in [4.69, 9.17) is 4.74 Å². The molecule has 5 nitrogen and oxygen atoms in total. The summed E-state index contributed by atoms with van der Waals surface area (Å²) in [7, 11) is 0. The van der Waals surface area contributed by atoms with E-state index in [1.54, 1.807) is 11.0 Å². The van der Waals surface area contributed by atoms with Crippen molar-refractivity contribution in [3.8, 4) is 0 Å². The molecular weight excluding hydrogens is 376 g/mol. The van der Waals surface area contributed by atoms with Gasteiger partial charge in [-0.05, 0) is 65.5 Å². The predicted octanol–water partition coefficient (Wildman–Crippen LogP) is 4.98. The highest BCUT2D eigenvalue weighted by Crippen LogP contribution is 2.42. The fraction of sp³-hybridized carbons (Fsp3) is 0.520. The minimum Gasteiger partial charge on any atom is -0.444 e. The molecule has 164 valence electrons. The number of likely N-dealkylation sites (tertiary alicyclic amines) is 1. The average molecular weight is 413 g/mol. The lowest BCUT2D eigenvalue weighted by Gasteiger charge is -2.43. The number of carbonyl (C=O) groups is 2. The van der Waals surface area contributed by atoms with Crippen LogP contribution in [0.4, 0.5) is 4.79 Å². The fourth-order valence-corrected chi connectivity index (χ4v) is 3.70. The summed E-state index contributed by atoms with van der Waals surface area (Å²) in [6.45, 7) is 16.9. The molecule has 1 aromatic rings. The molecule has 1 fully saturated rings. The number of nitrogens with one attached hydrogen (secondary N) is 1. The number of ether oxygens (including phenoxy) is 1. The first-order valence-corrected chi connectivity index (χ1v) is 10.6. The van der Waals surface area contributed by atoms with Crippen LogP contribution in [0, 0.1) is 0 Å². The molecular formula is C25H36N2O3. The molecule has 0 radical (unpaired) electrons. The highest BCUT2D eigenvalue weighted by molar-refractivity contribution is 5.88. The first-order chi connectivity index (χ1) is 13.8. The highest BCUT2D eigenvalue weighted by Gasteiger charge is 2.39. The van der Waals surface area contributed by atoms with Crippen LogP contribution in [0.1, 0.15) is 59.9 Å². The predicted molar refractivity (Wildman–Crippen MR) is 121 cm³/mol. The second kappa shape index (κ2) is 9.07. The minimum atomic E-state index is -0.516. The number of benzene rings is 1. The molecule has 1 aliphatic rings. The van der Waals surface area contributed by atoms with Crippen molar-refractivity contribution in [1.82, 2.24) is 10.2 Å². The summed E-state index contributed by atoms with van der Waals surface area (Å²) in [5.74, 6) is -0.141. The van der Waals surface area contributed by atoms with Crippen LogP contribution in [0.2, 0.25) is 0 Å². The molecule has 0 unspecified atom stereocenters. The molecule has 0 spiro atoms. The summed E-state index contributed by atoms with van der Waals surface area (Å²) in [5.41, 5.74) is 0.899. The van der Waals surface area contributed by atoms with E-state index in [1.807, 2.05) is 65.8 Å². The van der Waals surface area contributed by atoms with Crippen LogP contribution in [0.25, 0.3) is 0 Å². The number of allylic oxidation sites excluding steroid dienone is 2. The number of hydrogen-bond donors (Lipinski definition) is 1. The average Bonchev–Trinajstić information content (AvgIpc) is 2.64. The molecule has 0 aliphatic carbocycles. The van der Waals surface area contributed by atoms with Crippen LogP contribution in [0.15, 0.2) is 54.6 Å². The maximum Gasteiger partial charge on any atom is 0.410 e. The van der Waals surface area contributed by atoms with Crippen molar-refractivity contribution >= 4 is 12.0 Å². The first-order valence-electron chi connectivity index (χ1n) is 10.6. The van der Waals surface area contributed by atoms with Crippen molar-refractivity contribution in [2.24, 2.45) is 0 Å². The Labute approximate surface area is 181 Å². The molecule has 1 aromatic carbocycles. The molecule has 30 heavy (non-hydrogen) atoms. The van der Waals surface area contributed by atoms with Crippen molar-refractivity contribution in [2.45, 2.75) is 70.9 Å². The van der Waals surface area contributed by atoms with Gasteiger partial charge in [0.25, 0.3) is 0 Å². The Morgan fingerprint density at radius 1 is 1.03 bits per heavy atom. The zero-order valence-corrected chi connectivity index (χ0v) is 19.2. The third kappa shape index (κ3) is 6.48. The van der Waals surface area contributed by atoms with E-state index in [-0.39, 0.29) is 23.0 Å². The monoisotopic (exact) mass is 412 g/mol. The van der Waals surface area contributed by atoms with Gasteiger partial charge in [-0.3, -0.25) is 4.79 Å². The topological polar surface area (TPSA) is 58.6 Å². The lowest BCUT2D eigenvalue weighted by Crippen LogP contribution is -2.47. The Bertz CT molecular complexity index is 790. The summed E-state index contributed by atoms with van der Waals surface area (Å²) in [6.07, 6.45) is 4.53. The lowest BCUT2D eigenvalue weighted by molar-refractivity contribution is -0.117. The third-order valence-corrected chi connectivity index (χ3v) is 5.14. The summed E-state index contributed by atoms with van der Waals surface area (Å²) >= 11 is 0. The third-order valence-electron chi connectivity index (χ3n) is 5.14. The molecule has 1 heterocycles. The normalized spacial score (nSPS) is 16.9. The van der Waals surface area contributed by atoms with Gasteiger partial charge in [-0.15, -0.1) is 0 Å². The van der Waals surface area contributed by atoms with Crippen LogP contribution in [0.5, 0.6) is 0 Å². The first kappa shape index (κ1) is 23.7. The van der Waals surface area contributed by atoms with Gasteiger partial charge in [0.15, 0.2) is 0 Å². The SMILES string of the molecule is C=C(/C=C\C(=O)NC(C)(C)C)C1(c2ccccc2)CCN(C(=O)OC(C)(C)C)CC1. The summed E-state index contributed by atoms with van der Waals surface area (Å²) in [4.78, 5) is 26.5. The lowest BCUT2D eigenvalue weighted by atomic mass is 9.68. The van der Waals surface area contributed by atoms with E-state index in [0.29, 0.717) is 13.1 Å². The van der Waals surface area contributed by atoms with E-state index in [2.05, 4.69) is 24.0 Å². The number of piperidine rings is 1. The molecule has 1 saturated heterocycles. The van der Waals surface area contributed by atoms with Gasteiger partial charge < -0.3 is 15.0 Å². The number of rotatable bonds is 4. The number of nitrogens with zero attached hydrogens (tertiary/aromatic N) is 1. The number of hydrogen-bond acceptors (Lipinski definition) is 3. The van der Waals surface area contributed by atoms with Gasteiger partial charge in [0, 0.05) is 30.1 Å². The molecule has 0 atom stereocenters. The van der Waals surface area contributed by atoms with Gasteiger partial charge in [-0.2, -0.15) is 0 Å². The number of carbonyl (C=O) groups excluding carboxylic acids is 2. The quantitative estimate of drug-likeness (QED) is 0.560. The summed E-state index contributed by atoms with van der Waals surface area (Å²) in [6, 6.07) is 10.2. The maximum absolute atomic E-state index is 12.5. The Balaban J connectivity index is 2.20. The fourth-order valence-electron chi connectivity index (χ4n) is 3.70. The summed E-state index contributed by atoms with van der Waals surface area (Å²) in [5, 5.41) is 2.94. The molecule has 1 N–H and O–H groups in total. The van der Waals surface area contributed by atoms with Crippen LogP contribution in [0.3, 0.4) is 0 Å².